The third kappa shape index (κ3) is 7.69. The molecule has 5 nitrogen and oxygen atoms in total. The van der Waals surface area contributed by atoms with E-state index in [9.17, 15) is 4.79 Å². The molecule has 1 heterocycles. The molecular formula is C28H37ClN4O. The molecule has 3 rings (SSSR count). The van der Waals surface area contributed by atoms with E-state index >= 15 is 0 Å². The number of nitrogens with zero attached hydrogens (tertiary/aromatic N) is 3. The van der Waals surface area contributed by atoms with Crippen LogP contribution in [-0.2, 0) is 6.42 Å². The molecule has 0 aliphatic heterocycles. The molecule has 2 aromatic carbocycles. The summed E-state index contributed by atoms with van der Waals surface area (Å²) in [6.07, 6.45) is 14.6. The minimum Gasteiger partial charge on any atom is -0.293 e. The topological polar surface area (TPSA) is 62.5 Å². The molecule has 6 heteroatoms. The largest absolute Gasteiger partial charge is 0.299 e. The van der Waals surface area contributed by atoms with Gasteiger partial charge in [-0.1, -0.05) is 101 Å². The summed E-state index contributed by atoms with van der Waals surface area (Å²) in [5, 5.41) is 12.0. The molecule has 0 saturated carbocycles. The Morgan fingerprint density at radius 3 is 2.09 bits per heavy atom. The SMILES string of the molecule is CCCCCCCCCCCCc1ccc(N=Nc2c(C)[nH]n(-c3ccccc3Cl)c2=O)cc1. The summed E-state index contributed by atoms with van der Waals surface area (Å²) in [5.74, 6) is 0. The van der Waals surface area contributed by atoms with Crippen LogP contribution in [0.2, 0.25) is 5.02 Å². The van der Waals surface area contributed by atoms with Crippen LogP contribution in [-0.4, -0.2) is 9.78 Å². The Balaban J connectivity index is 1.46. The number of H-pyrrole nitrogens is 1. The van der Waals surface area contributed by atoms with Crippen molar-refractivity contribution >= 4 is 23.0 Å². The van der Waals surface area contributed by atoms with Gasteiger partial charge in [-0.2, -0.15) is 5.11 Å². The molecule has 1 aromatic heterocycles. The number of hydrogen-bond donors (Lipinski definition) is 1. The van der Waals surface area contributed by atoms with E-state index in [2.05, 4.69) is 34.4 Å². The van der Waals surface area contributed by atoms with E-state index in [1.54, 1.807) is 19.1 Å². The molecule has 182 valence electrons. The number of aromatic amines is 1. The van der Waals surface area contributed by atoms with Gasteiger partial charge in [0.15, 0.2) is 5.69 Å². The maximum absolute atomic E-state index is 12.8. The first-order valence-electron chi connectivity index (χ1n) is 12.7. The normalized spacial score (nSPS) is 11.5. The average Bonchev–Trinajstić information content (AvgIpc) is 3.13. The second kappa shape index (κ2) is 13.9. The quantitative estimate of drug-likeness (QED) is 0.181. The van der Waals surface area contributed by atoms with E-state index in [0.29, 0.717) is 16.4 Å². The Kier molecular flexibility index (Phi) is 10.6. The lowest BCUT2D eigenvalue weighted by Crippen LogP contribution is -2.14. The second-order valence-electron chi connectivity index (χ2n) is 8.98. The molecule has 0 unspecified atom stereocenters. The van der Waals surface area contributed by atoms with Crippen molar-refractivity contribution in [1.82, 2.24) is 9.78 Å². The number of aryl methyl sites for hydroxylation is 2. The van der Waals surface area contributed by atoms with E-state index in [4.69, 9.17) is 11.6 Å². The van der Waals surface area contributed by atoms with Crippen molar-refractivity contribution in [1.29, 1.82) is 0 Å². The van der Waals surface area contributed by atoms with Crippen molar-refractivity contribution in [3.05, 3.63) is 75.2 Å². The van der Waals surface area contributed by atoms with Crippen LogP contribution in [0.3, 0.4) is 0 Å². The van der Waals surface area contributed by atoms with Gasteiger partial charge in [0.05, 0.1) is 22.1 Å². The molecule has 0 saturated heterocycles. The molecular weight excluding hydrogens is 444 g/mol. The zero-order chi connectivity index (χ0) is 24.2. The molecule has 0 aliphatic rings. The van der Waals surface area contributed by atoms with Gasteiger partial charge in [-0.05, 0) is 49.6 Å². The van der Waals surface area contributed by atoms with E-state index in [1.807, 2.05) is 24.3 Å². The molecule has 0 amide bonds. The summed E-state index contributed by atoms with van der Waals surface area (Å²) in [5.41, 5.74) is 3.30. The standard InChI is InChI=1S/C28H37ClN4O/c1-3-4-5-6-7-8-9-10-11-12-15-23-18-20-24(21-19-23)30-31-27-22(2)32-33(28(27)34)26-17-14-13-16-25(26)29/h13-14,16-21,32H,3-12,15H2,1-2H3. The summed E-state index contributed by atoms with van der Waals surface area (Å²) in [6, 6.07) is 15.3. The molecule has 0 aliphatic carbocycles. The van der Waals surface area contributed by atoms with Crippen LogP contribution < -0.4 is 5.56 Å². The van der Waals surface area contributed by atoms with Gasteiger partial charge >= 0.3 is 0 Å². The number of azo groups is 1. The first-order valence-corrected chi connectivity index (χ1v) is 13.0. The number of unbranched alkanes of at least 4 members (excludes halogenated alkanes) is 9. The van der Waals surface area contributed by atoms with Crippen molar-refractivity contribution in [2.45, 2.75) is 84.5 Å². The highest BCUT2D eigenvalue weighted by molar-refractivity contribution is 6.32. The fraction of sp³-hybridized carbons (Fsp3) is 0.464. The summed E-state index contributed by atoms with van der Waals surface area (Å²) in [4.78, 5) is 12.8. The van der Waals surface area contributed by atoms with Gasteiger partial charge in [0, 0.05) is 0 Å². The van der Waals surface area contributed by atoms with Crippen molar-refractivity contribution < 1.29 is 0 Å². The summed E-state index contributed by atoms with van der Waals surface area (Å²) >= 11 is 6.24. The van der Waals surface area contributed by atoms with Crippen LogP contribution >= 0.6 is 11.6 Å². The molecule has 1 N–H and O–H groups in total. The highest BCUT2D eigenvalue weighted by Crippen LogP contribution is 2.23. The maximum atomic E-state index is 12.8. The van der Waals surface area contributed by atoms with Crippen LogP contribution in [0.4, 0.5) is 11.4 Å². The van der Waals surface area contributed by atoms with Crippen molar-refractivity contribution in [3.63, 3.8) is 0 Å². The van der Waals surface area contributed by atoms with E-state index < -0.39 is 0 Å². The van der Waals surface area contributed by atoms with Crippen molar-refractivity contribution in [3.8, 4) is 5.69 Å². The Morgan fingerprint density at radius 1 is 0.824 bits per heavy atom. The predicted octanol–water partition coefficient (Wildman–Crippen LogP) is 9.01. The molecule has 0 atom stereocenters. The summed E-state index contributed by atoms with van der Waals surface area (Å²) in [6.45, 7) is 4.07. The first-order chi connectivity index (χ1) is 16.6. The van der Waals surface area contributed by atoms with Gasteiger partial charge in [0.1, 0.15) is 0 Å². The third-order valence-electron chi connectivity index (χ3n) is 6.15. The Hall–Kier alpha value is -2.66. The number of aromatic nitrogens is 2. The highest BCUT2D eigenvalue weighted by Gasteiger charge is 2.13. The second-order valence-corrected chi connectivity index (χ2v) is 9.38. The van der Waals surface area contributed by atoms with Crippen LogP contribution in [0, 0.1) is 6.92 Å². The fourth-order valence-electron chi connectivity index (χ4n) is 4.11. The van der Waals surface area contributed by atoms with Gasteiger partial charge in [-0.3, -0.25) is 9.89 Å². The molecule has 3 aromatic rings. The molecule has 0 bridgehead atoms. The van der Waals surface area contributed by atoms with Gasteiger partial charge < -0.3 is 0 Å². The lowest BCUT2D eigenvalue weighted by Gasteiger charge is -2.03. The number of para-hydroxylation sites is 1. The first kappa shape index (κ1) is 26.0. The number of benzene rings is 2. The lowest BCUT2D eigenvalue weighted by atomic mass is 10.0. The Labute approximate surface area is 208 Å². The maximum Gasteiger partial charge on any atom is 0.299 e. The monoisotopic (exact) mass is 480 g/mol. The van der Waals surface area contributed by atoms with Gasteiger partial charge in [-0.25, -0.2) is 4.68 Å². The Bertz CT molecular complexity index is 1100. The lowest BCUT2D eigenvalue weighted by molar-refractivity contribution is 0.556. The summed E-state index contributed by atoms with van der Waals surface area (Å²) < 4.78 is 1.40. The van der Waals surface area contributed by atoms with Crippen molar-refractivity contribution in [2.75, 3.05) is 0 Å². The van der Waals surface area contributed by atoms with Crippen LogP contribution in [0.25, 0.3) is 5.69 Å². The van der Waals surface area contributed by atoms with E-state index in [0.717, 1.165) is 12.1 Å². The summed E-state index contributed by atoms with van der Waals surface area (Å²) in [7, 11) is 0. The van der Waals surface area contributed by atoms with Crippen LogP contribution in [0.5, 0.6) is 0 Å². The van der Waals surface area contributed by atoms with E-state index in [1.165, 1.54) is 74.5 Å². The number of hydrogen-bond acceptors (Lipinski definition) is 3. The minimum absolute atomic E-state index is 0.271. The fourth-order valence-corrected chi connectivity index (χ4v) is 4.33. The zero-order valence-electron chi connectivity index (χ0n) is 20.5. The van der Waals surface area contributed by atoms with Gasteiger partial charge in [0.25, 0.3) is 5.56 Å². The van der Waals surface area contributed by atoms with E-state index in [-0.39, 0.29) is 11.2 Å². The number of rotatable bonds is 14. The van der Waals surface area contributed by atoms with Gasteiger partial charge in [0.2, 0.25) is 0 Å². The molecule has 0 fully saturated rings. The molecule has 34 heavy (non-hydrogen) atoms. The average molecular weight is 481 g/mol. The van der Waals surface area contributed by atoms with Crippen LogP contribution in [0.15, 0.2) is 63.6 Å². The third-order valence-corrected chi connectivity index (χ3v) is 6.47. The molecule has 0 spiro atoms. The van der Waals surface area contributed by atoms with Gasteiger partial charge in [-0.15, -0.1) is 5.11 Å². The minimum atomic E-state index is -0.271. The number of nitrogens with one attached hydrogen (secondary N) is 1. The number of halogens is 1. The Morgan fingerprint density at radius 2 is 1.44 bits per heavy atom. The van der Waals surface area contributed by atoms with Crippen LogP contribution in [0.1, 0.15) is 82.4 Å². The predicted molar refractivity (Wildman–Crippen MR) is 142 cm³/mol. The molecule has 0 radical (unpaired) electrons. The van der Waals surface area contributed by atoms with Crippen molar-refractivity contribution in [2.24, 2.45) is 10.2 Å². The smallest absolute Gasteiger partial charge is 0.293 e. The highest BCUT2D eigenvalue weighted by atomic mass is 35.5. The zero-order valence-corrected chi connectivity index (χ0v) is 21.3.